The number of aryl methyl sites for hydroxylation is 1. The van der Waals surface area contributed by atoms with E-state index in [1.165, 1.54) is 0 Å². The van der Waals surface area contributed by atoms with Crippen molar-refractivity contribution in [3.05, 3.63) is 53.1 Å². The summed E-state index contributed by atoms with van der Waals surface area (Å²) in [6.07, 6.45) is 0. The molecule has 2 aromatic carbocycles. The van der Waals surface area contributed by atoms with Crippen LogP contribution in [0.2, 0.25) is 0 Å². The van der Waals surface area contributed by atoms with Gasteiger partial charge in [-0.15, -0.1) is 5.10 Å². The van der Waals surface area contributed by atoms with Crippen molar-refractivity contribution in [3.8, 4) is 0 Å². The van der Waals surface area contributed by atoms with Gasteiger partial charge in [0.05, 0.1) is 5.52 Å². The Morgan fingerprint density at radius 2 is 2.04 bits per heavy atom. The molecule has 0 aliphatic carbocycles. The van der Waals surface area contributed by atoms with E-state index in [-0.39, 0.29) is 0 Å². The van der Waals surface area contributed by atoms with Crippen molar-refractivity contribution in [1.82, 2.24) is 19.9 Å². The minimum absolute atomic E-state index is 0.433. The van der Waals surface area contributed by atoms with Gasteiger partial charge in [-0.25, -0.2) is 4.68 Å². The van der Waals surface area contributed by atoms with Gasteiger partial charge in [-0.05, 0) is 43.4 Å². The summed E-state index contributed by atoms with van der Waals surface area (Å²) in [4.78, 5) is 13.6. The second-order valence-electron chi connectivity index (χ2n) is 6.33. The number of hydrogen-bond donors (Lipinski definition) is 2. The topological polar surface area (TPSA) is 89.1 Å². The van der Waals surface area contributed by atoms with E-state index in [0.29, 0.717) is 12.1 Å². The summed E-state index contributed by atoms with van der Waals surface area (Å²) in [5.41, 5.74) is 10.9. The standard InChI is InChI=1S/C18H22N6O/c1-23(2)11-14-8-7-12(18(19)25)9-16(14)20-10-13-5-4-6-15-17(13)24(3)22-21-15/h4-9,20H,10-11H2,1-3H3,(H2,19,25). The molecule has 1 aromatic heterocycles. The molecule has 7 nitrogen and oxygen atoms in total. The van der Waals surface area contributed by atoms with Gasteiger partial charge in [0.1, 0.15) is 5.52 Å². The Morgan fingerprint density at radius 3 is 2.76 bits per heavy atom. The van der Waals surface area contributed by atoms with Gasteiger partial charge in [-0.3, -0.25) is 4.79 Å². The van der Waals surface area contributed by atoms with Gasteiger partial charge >= 0.3 is 0 Å². The minimum atomic E-state index is -0.433. The van der Waals surface area contributed by atoms with Crippen LogP contribution in [-0.2, 0) is 20.1 Å². The number of rotatable bonds is 6. The number of primary amides is 1. The molecule has 0 spiro atoms. The van der Waals surface area contributed by atoms with E-state index >= 15 is 0 Å². The molecular weight excluding hydrogens is 316 g/mol. The molecule has 3 N–H and O–H groups in total. The Labute approximate surface area is 146 Å². The molecule has 0 atom stereocenters. The normalized spacial score (nSPS) is 11.2. The second-order valence-corrected chi connectivity index (χ2v) is 6.33. The smallest absolute Gasteiger partial charge is 0.248 e. The second kappa shape index (κ2) is 6.90. The number of aromatic nitrogens is 3. The first kappa shape index (κ1) is 16.9. The molecule has 0 bridgehead atoms. The summed E-state index contributed by atoms with van der Waals surface area (Å²) in [5.74, 6) is -0.433. The number of anilines is 1. The number of carbonyl (C=O) groups excluding carboxylic acids is 1. The van der Waals surface area contributed by atoms with Crippen LogP contribution in [0.15, 0.2) is 36.4 Å². The van der Waals surface area contributed by atoms with Crippen LogP contribution in [0.4, 0.5) is 5.69 Å². The lowest BCUT2D eigenvalue weighted by Crippen LogP contribution is -2.15. The molecule has 0 saturated carbocycles. The summed E-state index contributed by atoms with van der Waals surface area (Å²) in [6, 6.07) is 11.5. The van der Waals surface area contributed by atoms with Crippen LogP contribution in [0.3, 0.4) is 0 Å². The molecular formula is C18H22N6O. The zero-order chi connectivity index (χ0) is 18.0. The van der Waals surface area contributed by atoms with Crippen LogP contribution >= 0.6 is 0 Å². The molecule has 25 heavy (non-hydrogen) atoms. The third kappa shape index (κ3) is 3.61. The van der Waals surface area contributed by atoms with E-state index in [9.17, 15) is 4.79 Å². The summed E-state index contributed by atoms with van der Waals surface area (Å²) in [6.45, 7) is 1.36. The monoisotopic (exact) mass is 338 g/mol. The summed E-state index contributed by atoms with van der Waals surface area (Å²) in [7, 11) is 5.89. The number of benzene rings is 2. The zero-order valence-corrected chi connectivity index (χ0v) is 14.7. The van der Waals surface area contributed by atoms with Crippen molar-refractivity contribution in [2.45, 2.75) is 13.1 Å². The van der Waals surface area contributed by atoms with Crippen LogP contribution in [0.25, 0.3) is 11.0 Å². The fourth-order valence-electron chi connectivity index (χ4n) is 2.90. The zero-order valence-electron chi connectivity index (χ0n) is 14.7. The largest absolute Gasteiger partial charge is 0.381 e. The first-order valence-corrected chi connectivity index (χ1v) is 8.04. The molecule has 3 aromatic rings. The van der Waals surface area contributed by atoms with Crippen molar-refractivity contribution in [2.75, 3.05) is 19.4 Å². The lowest BCUT2D eigenvalue weighted by atomic mass is 10.1. The maximum absolute atomic E-state index is 11.5. The first-order valence-electron chi connectivity index (χ1n) is 8.04. The summed E-state index contributed by atoms with van der Waals surface area (Å²) >= 11 is 0. The van der Waals surface area contributed by atoms with Gasteiger partial charge in [-0.2, -0.15) is 0 Å². The Balaban J connectivity index is 1.91. The number of nitrogens with two attached hydrogens (primary N) is 1. The SMILES string of the molecule is CN(C)Cc1ccc(C(N)=O)cc1NCc1cccc2nnn(C)c12. The molecule has 1 heterocycles. The molecule has 3 rings (SSSR count). The Hall–Kier alpha value is -2.93. The molecule has 0 unspecified atom stereocenters. The number of nitrogens with zero attached hydrogens (tertiary/aromatic N) is 4. The molecule has 0 saturated heterocycles. The maximum Gasteiger partial charge on any atom is 0.248 e. The number of carbonyl (C=O) groups is 1. The van der Waals surface area contributed by atoms with E-state index in [4.69, 9.17) is 5.73 Å². The average molecular weight is 338 g/mol. The number of para-hydroxylation sites is 1. The number of fused-ring (bicyclic) bond motifs is 1. The molecule has 130 valence electrons. The van der Waals surface area contributed by atoms with Crippen molar-refractivity contribution < 1.29 is 4.79 Å². The lowest BCUT2D eigenvalue weighted by Gasteiger charge is -2.17. The Morgan fingerprint density at radius 1 is 1.24 bits per heavy atom. The highest BCUT2D eigenvalue weighted by Crippen LogP contribution is 2.22. The van der Waals surface area contributed by atoms with Crippen molar-refractivity contribution in [3.63, 3.8) is 0 Å². The van der Waals surface area contributed by atoms with E-state index in [1.54, 1.807) is 10.7 Å². The summed E-state index contributed by atoms with van der Waals surface area (Å²) in [5, 5.41) is 11.7. The van der Waals surface area contributed by atoms with E-state index < -0.39 is 5.91 Å². The van der Waals surface area contributed by atoms with Crippen molar-refractivity contribution >= 4 is 22.6 Å². The maximum atomic E-state index is 11.5. The third-order valence-electron chi connectivity index (χ3n) is 4.06. The Kier molecular flexibility index (Phi) is 4.67. The van der Waals surface area contributed by atoms with Crippen LogP contribution in [0.5, 0.6) is 0 Å². The highest BCUT2D eigenvalue weighted by molar-refractivity contribution is 5.94. The van der Waals surface area contributed by atoms with Gasteiger partial charge in [0, 0.05) is 31.4 Å². The number of hydrogen-bond acceptors (Lipinski definition) is 5. The third-order valence-corrected chi connectivity index (χ3v) is 4.06. The van der Waals surface area contributed by atoms with Gasteiger partial charge in [0.15, 0.2) is 0 Å². The van der Waals surface area contributed by atoms with Gasteiger partial charge < -0.3 is 16.0 Å². The predicted octanol–water partition coefficient (Wildman–Crippen LogP) is 1.74. The van der Waals surface area contributed by atoms with E-state index in [0.717, 1.165) is 34.4 Å². The van der Waals surface area contributed by atoms with Gasteiger partial charge in [-0.1, -0.05) is 23.4 Å². The van der Waals surface area contributed by atoms with E-state index in [1.807, 2.05) is 51.5 Å². The molecule has 0 aliphatic heterocycles. The molecule has 0 aliphatic rings. The Bertz CT molecular complexity index is 915. The minimum Gasteiger partial charge on any atom is -0.381 e. The highest BCUT2D eigenvalue weighted by Gasteiger charge is 2.11. The fourth-order valence-corrected chi connectivity index (χ4v) is 2.90. The van der Waals surface area contributed by atoms with Crippen LogP contribution in [0, 0.1) is 0 Å². The lowest BCUT2D eigenvalue weighted by molar-refractivity contribution is 0.100. The first-order chi connectivity index (χ1) is 12.0. The predicted molar refractivity (Wildman–Crippen MR) is 98.2 cm³/mol. The van der Waals surface area contributed by atoms with Gasteiger partial charge in [0.25, 0.3) is 0 Å². The van der Waals surface area contributed by atoms with Crippen molar-refractivity contribution in [2.24, 2.45) is 12.8 Å². The quantitative estimate of drug-likeness (QED) is 0.715. The highest BCUT2D eigenvalue weighted by atomic mass is 16.1. The summed E-state index contributed by atoms with van der Waals surface area (Å²) < 4.78 is 1.77. The van der Waals surface area contributed by atoms with Gasteiger partial charge in [0.2, 0.25) is 5.91 Å². The molecule has 7 heteroatoms. The van der Waals surface area contributed by atoms with Crippen molar-refractivity contribution in [1.29, 1.82) is 0 Å². The number of nitrogens with one attached hydrogen (secondary N) is 1. The van der Waals surface area contributed by atoms with E-state index in [2.05, 4.69) is 20.5 Å². The van der Waals surface area contributed by atoms with Crippen LogP contribution in [-0.4, -0.2) is 39.9 Å². The molecule has 0 fully saturated rings. The number of amides is 1. The average Bonchev–Trinajstić information content (AvgIpc) is 2.95. The fraction of sp³-hybridized carbons (Fsp3) is 0.278. The molecule has 0 radical (unpaired) electrons. The van der Waals surface area contributed by atoms with Crippen LogP contribution < -0.4 is 11.1 Å². The molecule has 1 amide bonds. The van der Waals surface area contributed by atoms with Crippen LogP contribution in [0.1, 0.15) is 21.5 Å².